The van der Waals surface area contributed by atoms with Crippen molar-refractivity contribution < 1.29 is 14.3 Å². The summed E-state index contributed by atoms with van der Waals surface area (Å²) in [5, 5.41) is 5.46. The van der Waals surface area contributed by atoms with Gasteiger partial charge in [0.25, 0.3) is 0 Å². The Morgan fingerprint density at radius 3 is 2.73 bits per heavy atom. The first-order chi connectivity index (χ1) is 12.6. The molecule has 0 saturated carbocycles. The van der Waals surface area contributed by atoms with Crippen LogP contribution in [0.5, 0.6) is 11.5 Å². The van der Waals surface area contributed by atoms with E-state index in [0.717, 1.165) is 16.1 Å². The van der Waals surface area contributed by atoms with E-state index in [1.807, 2.05) is 23.6 Å². The molecule has 136 valence electrons. The highest BCUT2D eigenvalue weighted by Crippen LogP contribution is 2.32. The molecule has 0 unspecified atom stereocenters. The lowest BCUT2D eigenvalue weighted by atomic mass is 10.1. The van der Waals surface area contributed by atoms with E-state index < -0.39 is 0 Å². The monoisotopic (exact) mass is 388 g/mol. The Morgan fingerprint density at radius 2 is 2.04 bits per heavy atom. The van der Waals surface area contributed by atoms with Crippen LogP contribution in [0, 0.1) is 6.92 Å². The van der Waals surface area contributed by atoms with E-state index in [4.69, 9.17) is 9.47 Å². The fourth-order valence-electron chi connectivity index (χ4n) is 2.60. The number of aromatic nitrogens is 1. The second-order valence-corrected chi connectivity index (χ2v) is 7.80. The Labute approximate surface area is 160 Å². The largest absolute Gasteiger partial charge is 0.493 e. The lowest BCUT2D eigenvalue weighted by Crippen LogP contribution is -2.12. The van der Waals surface area contributed by atoms with Crippen molar-refractivity contribution in [1.82, 2.24) is 4.98 Å². The van der Waals surface area contributed by atoms with E-state index >= 15 is 0 Å². The van der Waals surface area contributed by atoms with Crippen LogP contribution in [0.4, 0.5) is 5.13 Å². The summed E-state index contributed by atoms with van der Waals surface area (Å²) in [5.41, 5.74) is 1.84. The van der Waals surface area contributed by atoms with Crippen LogP contribution in [0.25, 0.3) is 10.6 Å². The minimum Gasteiger partial charge on any atom is -0.493 e. The minimum atomic E-state index is -0.0712. The third kappa shape index (κ3) is 4.23. The molecule has 2 heterocycles. The molecule has 0 aliphatic carbocycles. The number of methoxy groups -OCH3 is 2. The molecule has 3 rings (SSSR count). The molecule has 1 N–H and O–H groups in total. The van der Waals surface area contributed by atoms with Crippen molar-refractivity contribution in [3.63, 3.8) is 0 Å². The molecule has 0 spiro atoms. The number of anilines is 1. The number of para-hydroxylation sites is 1. The maximum Gasteiger partial charge on any atom is 0.226 e. The van der Waals surface area contributed by atoms with Gasteiger partial charge in [-0.25, -0.2) is 4.98 Å². The summed E-state index contributed by atoms with van der Waals surface area (Å²) in [4.78, 5) is 19.1. The molecule has 7 heteroatoms. The lowest BCUT2D eigenvalue weighted by Gasteiger charge is -2.12. The molecule has 3 aromatic rings. The Kier molecular flexibility index (Phi) is 5.90. The summed E-state index contributed by atoms with van der Waals surface area (Å²) >= 11 is 3.13. The van der Waals surface area contributed by atoms with Crippen molar-refractivity contribution in [3.8, 4) is 22.1 Å². The van der Waals surface area contributed by atoms with E-state index in [2.05, 4.69) is 29.4 Å². The molecule has 0 radical (unpaired) electrons. The molecule has 0 bridgehead atoms. The highest BCUT2D eigenvalue weighted by atomic mass is 32.1. The van der Waals surface area contributed by atoms with Crippen LogP contribution in [-0.4, -0.2) is 25.1 Å². The van der Waals surface area contributed by atoms with Crippen molar-refractivity contribution in [2.45, 2.75) is 19.8 Å². The summed E-state index contributed by atoms with van der Waals surface area (Å²) in [6, 6.07) is 9.79. The summed E-state index contributed by atoms with van der Waals surface area (Å²) in [5.74, 6) is 1.27. The van der Waals surface area contributed by atoms with Crippen LogP contribution in [0.1, 0.15) is 16.9 Å². The zero-order chi connectivity index (χ0) is 18.5. The van der Waals surface area contributed by atoms with Crippen LogP contribution in [-0.2, 0) is 11.2 Å². The molecule has 0 aliphatic heterocycles. The Morgan fingerprint density at radius 1 is 1.19 bits per heavy atom. The topological polar surface area (TPSA) is 60.5 Å². The fraction of sp³-hybridized carbons (Fsp3) is 0.263. The summed E-state index contributed by atoms with van der Waals surface area (Å²) in [7, 11) is 3.20. The standard InChI is InChI=1S/C19H20N2O3S2/c1-12-7-9-16(26-12)14-11-25-19(20-14)21-17(22)10-8-13-5-4-6-15(23-2)18(13)24-3/h4-7,9,11H,8,10H2,1-3H3,(H,20,21,22). The normalized spacial score (nSPS) is 10.6. The van der Waals surface area contributed by atoms with Crippen molar-refractivity contribution >= 4 is 33.7 Å². The molecular weight excluding hydrogens is 368 g/mol. The zero-order valence-corrected chi connectivity index (χ0v) is 16.5. The van der Waals surface area contributed by atoms with E-state index in [-0.39, 0.29) is 5.91 Å². The van der Waals surface area contributed by atoms with Crippen molar-refractivity contribution in [3.05, 3.63) is 46.2 Å². The number of amides is 1. The number of nitrogens with one attached hydrogen (secondary N) is 1. The maximum atomic E-state index is 12.3. The quantitative estimate of drug-likeness (QED) is 0.633. The number of thiophene rings is 1. The number of hydrogen-bond acceptors (Lipinski definition) is 6. The molecule has 2 aromatic heterocycles. The highest BCUT2D eigenvalue weighted by molar-refractivity contribution is 7.17. The van der Waals surface area contributed by atoms with Gasteiger partial charge in [0, 0.05) is 16.7 Å². The zero-order valence-electron chi connectivity index (χ0n) is 14.9. The lowest BCUT2D eigenvalue weighted by molar-refractivity contribution is -0.116. The number of aryl methyl sites for hydroxylation is 2. The molecule has 1 amide bonds. The van der Waals surface area contributed by atoms with Gasteiger partial charge in [0.15, 0.2) is 16.6 Å². The third-order valence-corrected chi connectivity index (χ3v) is 5.63. The molecule has 5 nitrogen and oxygen atoms in total. The number of carbonyl (C=O) groups is 1. The molecule has 0 saturated heterocycles. The number of ether oxygens (including phenoxy) is 2. The number of benzene rings is 1. The number of rotatable bonds is 7. The Bertz CT molecular complexity index is 902. The van der Waals surface area contributed by atoms with Crippen molar-refractivity contribution in [2.75, 3.05) is 19.5 Å². The third-order valence-electron chi connectivity index (χ3n) is 3.85. The maximum absolute atomic E-state index is 12.3. The van der Waals surface area contributed by atoms with Gasteiger partial charge in [-0.05, 0) is 37.1 Å². The number of carbonyl (C=O) groups excluding carboxylic acids is 1. The van der Waals surface area contributed by atoms with E-state index in [9.17, 15) is 4.79 Å². The molecule has 0 atom stereocenters. The van der Waals surface area contributed by atoms with E-state index in [0.29, 0.717) is 29.5 Å². The smallest absolute Gasteiger partial charge is 0.226 e. The first-order valence-corrected chi connectivity index (χ1v) is 9.82. The van der Waals surface area contributed by atoms with Gasteiger partial charge in [-0.15, -0.1) is 22.7 Å². The van der Waals surface area contributed by atoms with Gasteiger partial charge in [-0.3, -0.25) is 4.79 Å². The van der Waals surface area contributed by atoms with Crippen LogP contribution in [0.3, 0.4) is 0 Å². The van der Waals surface area contributed by atoms with E-state index in [1.54, 1.807) is 25.6 Å². The van der Waals surface area contributed by atoms with Gasteiger partial charge >= 0.3 is 0 Å². The van der Waals surface area contributed by atoms with Crippen LogP contribution >= 0.6 is 22.7 Å². The second-order valence-electron chi connectivity index (χ2n) is 5.65. The second kappa shape index (κ2) is 8.33. The van der Waals surface area contributed by atoms with Gasteiger partial charge in [0.05, 0.1) is 24.8 Å². The van der Waals surface area contributed by atoms with Gasteiger partial charge in [-0.1, -0.05) is 12.1 Å². The summed E-state index contributed by atoms with van der Waals surface area (Å²) in [6.45, 7) is 2.07. The predicted molar refractivity (Wildman–Crippen MR) is 107 cm³/mol. The molecule has 26 heavy (non-hydrogen) atoms. The first kappa shape index (κ1) is 18.4. The average molecular weight is 389 g/mol. The van der Waals surface area contributed by atoms with Crippen LogP contribution in [0.2, 0.25) is 0 Å². The number of thiazole rings is 1. The first-order valence-electron chi connectivity index (χ1n) is 8.12. The summed E-state index contributed by atoms with van der Waals surface area (Å²) < 4.78 is 10.7. The minimum absolute atomic E-state index is 0.0712. The van der Waals surface area contributed by atoms with E-state index in [1.165, 1.54) is 16.2 Å². The fourth-order valence-corrected chi connectivity index (χ4v) is 4.23. The molecular formula is C19H20N2O3S2. The van der Waals surface area contributed by atoms with Crippen molar-refractivity contribution in [2.24, 2.45) is 0 Å². The van der Waals surface area contributed by atoms with Gasteiger partial charge in [0.2, 0.25) is 5.91 Å². The number of hydrogen-bond donors (Lipinski definition) is 1. The van der Waals surface area contributed by atoms with Gasteiger partial charge in [0.1, 0.15) is 0 Å². The van der Waals surface area contributed by atoms with Crippen LogP contribution < -0.4 is 14.8 Å². The summed E-state index contributed by atoms with van der Waals surface area (Å²) in [6.07, 6.45) is 0.908. The SMILES string of the molecule is COc1cccc(CCC(=O)Nc2nc(-c3ccc(C)s3)cs2)c1OC. The van der Waals surface area contributed by atoms with Gasteiger partial charge < -0.3 is 14.8 Å². The van der Waals surface area contributed by atoms with Crippen molar-refractivity contribution in [1.29, 1.82) is 0 Å². The Balaban J connectivity index is 1.61. The highest BCUT2D eigenvalue weighted by Gasteiger charge is 2.13. The molecule has 0 aliphatic rings. The average Bonchev–Trinajstić information content (AvgIpc) is 3.28. The van der Waals surface area contributed by atoms with Gasteiger partial charge in [-0.2, -0.15) is 0 Å². The Hall–Kier alpha value is -2.38. The van der Waals surface area contributed by atoms with Crippen LogP contribution in [0.15, 0.2) is 35.7 Å². The predicted octanol–water partition coefficient (Wildman–Crippen LogP) is 4.77. The molecule has 0 fully saturated rings. The number of nitrogens with zero attached hydrogens (tertiary/aromatic N) is 1. The molecule has 1 aromatic carbocycles.